The van der Waals surface area contributed by atoms with Crippen LogP contribution in [0.3, 0.4) is 0 Å². The second-order valence-electron chi connectivity index (χ2n) is 3.58. The summed E-state index contributed by atoms with van der Waals surface area (Å²) in [6.07, 6.45) is -0.452. The smallest absolute Gasteiger partial charge is 0.221 e. The molecular weight excluding hydrogens is 206 g/mol. The first-order valence-corrected chi connectivity index (χ1v) is 5.04. The largest absolute Gasteiger partial charge is 0.483 e. The van der Waals surface area contributed by atoms with Crippen molar-refractivity contribution in [1.82, 2.24) is 0 Å². The maximum atomic E-state index is 11.0. The standard InChI is InChI=1S/C12H15NO3/c1-8(14)9(2)16-12-6-4-11(5-7-12)13-10(3)15/h4-7,9H,1-3H3,(H,13,15). The normalized spacial score (nSPS) is 11.7. The number of ether oxygens (including phenoxy) is 1. The summed E-state index contributed by atoms with van der Waals surface area (Å²) in [5.74, 6) is 0.466. The Hall–Kier alpha value is -1.84. The summed E-state index contributed by atoms with van der Waals surface area (Å²) in [7, 11) is 0. The van der Waals surface area contributed by atoms with E-state index in [1.165, 1.54) is 13.8 Å². The topological polar surface area (TPSA) is 55.4 Å². The summed E-state index contributed by atoms with van der Waals surface area (Å²) in [5, 5.41) is 2.65. The van der Waals surface area contributed by atoms with Gasteiger partial charge < -0.3 is 10.1 Å². The summed E-state index contributed by atoms with van der Waals surface area (Å²) < 4.78 is 5.37. The first-order chi connectivity index (χ1) is 7.49. The highest BCUT2D eigenvalue weighted by Gasteiger charge is 2.08. The molecule has 1 amide bonds. The number of Topliss-reactive ketones (excluding diaryl/α,β-unsaturated/α-hetero) is 1. The lowest BCUT2D eigenvalue weighted by molar-refractivity contribution is -0.122. The summed E-state index contributed by atoms with van der Waals surface area (Å²) in [6.45, 7) is 4.63. The fourth-order valence-electron chi connectivity index (χ4n) is 1.11. The molecule has 1 rings (SSSR count). The van der Waals surface area contributed by atoms with Crippen LogP contribution in [0.2, 0.25) is 0 Å². The quantitative estimate of drug-likeness (QED) is 0.846. The SMILES string of the molecule is CC(=O)Nc1ccc(OC(C)C(C)=O)cc1. The van der Waals surface area contributed by atoms with Gasteiger partial charge in [-0.3, -0.25) is 9.59 Å². The third-order valence-electron chi connectivity index (χ3n) is 2.06. The number of nitrogens with one attached hydrogen (secondary N) is 1. The number of benzene rings is 1. The molecule has 1 N–H and O–H groups in total. The van der Waals surface area contributed by atoms with Gasteiger partial charge in [0, 0.05) is 12.6 Å². The van der Waals surface area contributed by atoms with E-state index in [2.05, 4.69) is 5.32 Å². The molecule has 1 aromatic carbocycles. The molecule has 86 valence electrons. The number of ketones is 1. The lowest BCUT2D eigenvalue weighted by Crippen LogP contribution is -2.20. The Morgan fingerprint density at radius 1 is 1.19 bits per heavy atom. The molecule has 1 atom stereocenters. The average Bonchev–Trinajstić information content (AvgIpc) is 2.20. The third kappa shape index (κ3) is 3.73. The molecule has 0 aromatic heterocycles. The molecule has 1 unspecified atom stereocenters. The summed E-state index contributed by atoms with van der Waals surface area (Å²) in [5.41, 5.74) is 0.704. The van der Waals surface area contributed by atoms with Crippen LogP contribution in [0, 0.1) is 0 Å². The highest BCUT2D eigenvalue weighted by Crippen LogP contribution is 2.17. The summed E-state index contributed by atoms with van der Waals surface area (Å²) in [6, 6.07) is 6.88. The summed E-state index contributed by atoms with van der Waals surface area (Å²) >= 11 is 0. The van der Waals surface area contributed by atoms with Crippen molar-refractivity contribution in [2.45, 2.75) is 26.9 Å². The Balaban J connectivity index is 2.64. The second-order valence-corrected chi connectivity index (χ2v) is 3.58. The molecule has 1 aromatic rings. The molecule has 16 heavy (non-hydrogen) atoms. The second kappa shape index (κ2) is 5.30. The molecular formula is C12H15NO3. The highest BCUT2D eigenvalue weighted by atomic mass is 16.5. The van der Waals surface area contributed by atoms with E-state index in [0.717, 1.165) is 0 Å². The number of rotatable bonds is 4. The van der Waals surface area contributed by atoms with Crippen LogP contribution in [0.25, 0.3) is 0 Å². The maximum absolute atomic E-state index is 11.0. The molecule has 0 bridgehead atoms. The van der Waals surface area contributed by atoms with E-state index in [1.54, 1.807) is 31.2 Å². The lowest BCUT2D eigenvalue weighted by Gasteiger charge is -2.11. The van der Waals surface area contributed by atoms with Crippen molar-refractivity contribution in [3.8, 4) is 5.75 Å². The Bertz CT molecular complexity index is 384. The van der Waals surface area contributed by atoms with Crippen molar-refractivity contribution >= 4 is 17.4 Å². The molecule has 4 heteroatoms. The number of anilines is 1. The van der Waals surface area contributed by atoms with Gasteiger partial charge in [-0.2, -0.15) is 0 Å². The Kier molecular flexibility index (Phi) is 4.05. The highest BCUT2D eigenvalue weighted by molar-refractivity contribution is 5.88. The van der Waals surface area contributed by atoms with Crippen LogP contribution in [0.5, 0.6) is 5.75 Å². The molecule has 4 nitrogen and oxygen atoms in total. The number of carbonyl (C=O) groups excluding carboxylic acids is 2. The predicted octanol–water partition coefficient (Wildman–Crippen LogP) is 2.00. The van der Waals surface area contributed by atoms with E-state index in [1.807, 2.05) is 0 Å². The van der Waals surface area contributed by atoms with Crippen LogP contribution in [-0.4, -0.2) is 17.8 Å². The fraction of sp³-hybridized carbons (Fsp3) is 0.333. The van der Waals surface area contributed by atoms with Gasteiger partial charge in [0.25, 0.3) is 0 Å². The molecule has 0 aliphatic carbocycles. The minimum absolute atomic E-state index is 0.0223. The van der Waals surface area contributed by atoms with Gasteiger partial charge in [0.05, 0.1) is 0 Å². The first kappa shape index (κ1) is 12.2. The molecule has 0 spiro atoms. The zero-order valence-electron chi connectivity index (χ0n) is 9.61. The average molecular weight is 221 g/mol. The van der Waals surface area contributed by atoms with Crippen molar-refractivity contribution in [3.05, 3.63) is 24.3 Å². The zero-order chi connectivity index (χ0) is 12.1. The van der Waals surface area contributed by atoms with Crippen molar-refractivity contribution in [2.75, 3.05) is 5.32 Å². The van der Waals surface area contributed by atoms with Crippen LogP contribution in [-0.2, 0) is 9.59 Å². The zero-order valence-corrected chi connectivity index (χ0v) is 9.61. The predicted molar refractivity (Wildman–Crippen MR) is 61.5 cm³/mol. The van der Waals surface area contributed by atoms with E-state index in [0.29, 0.717) is 11.4 Å². The van der Waals surface area contributed by atoms with Gasteiger partial charge in [-0.25, -0.2) is 0 Å². The first-order valence-electron chi connectivity index (χ1n) is 5.04. The molecule has 0 aliphatic heterocycles. The summed E-state index contributed by atoms with van der Waals surface area (Å²) in [4.78, 5) is 21.8. The van der Waals surface area contributed by atoms with Gasteiger partial charge in [-0.15, -0.1) is 0 Å². The molecule has 0 aliphatic rings. The molecule has 0 saturated heterocycles. The van der Waals surface area contributed by atoms with Crippen molar-refractivity contribution in [2.24, 2.45) is 0 Å². The van der Waals surface area contributed by atoms with E-state index in [-0.39, 0.29) is 11.7 Å². The van der Waals surface area contributed by atoms with Crippen LogP contribution in [0.4, 0.5) is 5.69 Å². The van der Waals surface area contributed by atoms with Crippen molar-refractivity contribution in [1.29, 1.82) is 0 Å². The minimum Gasteiger partial charge on any atom is -0.483 e. The maximum Gasteiger partial charge on any atom is 0.221 e. The van der Waals surface area contributed by atoms with Gasteiger partial charge >= 0.3 is 0 Å². The molecule has 0 radical (unpaired) electrons. The Labute approximate surface area is 94.6 Å². The third-order valence-corrected chi connectivity index (χ3v) is 2.06. The monoisotopic (exact) mass is 221 g/mol. The number of carbonyl (C=O) groups is 2. The van der Waals surface area contributed by atoms with Crippen LogP contribution >= 0.6 is 0 Å². The van der Waals surface area contributed by atoms with Gasteiger partial charge in [0.15, 0.2) is 11.9 Å². The minimum atomic E-state index is -0.452. The van der Waals surface area contributed by atoms with Crippen molar-refractivity contribution < 1.29 is 14.3 Å². The lowest BCUT2D eigenvalue weighted by atomic mass is 10.2. The molecule has 0 saturated carbocycles. The Morgan fingerprint density at radius 3 is 2.19 bits per heavy atom. The number of hydrogen-bond acceptors (Lipinski definition) is 3. The van der Waals surface area contributed by atoms with Gasteiger partial charge in [0.1, 0.15) is 5.75 Å². The van der Waals surface area contributed by atoms with Gasteiger partial charge in [-0.05, 0) is 38.1 Å². The van der Waals surface area contributed by atoms with Crippen LogP contribution in [0.15, 0.2) is 24.3 Å². The number of hydrogen-bond donors (Lipinski definition) is 1. The van der Waals surface area contributed by atoms with E-state index >= 15 is 0 Å². The van der Waals surface area contributed by atoms with E-state index in [4.69, 9.17) is 4.74 Å². The Morgan fingerprint density at radius 2 is 1.75 bits per heavy atom. The van der Waals surface area contributed by atoms with Crippen LogP contribution in [0.1, 0.15) is 20.8 Å². The fourth-order valence-corrected chi connectivity index (χ4v) is 1.11. The van der Waals surface area contributed by atoms with Crippen molar-refractivity contribution in [3.63, 3.8) is 0 Å². The van der Waals surface area contributed by atoms with Crippen LogP contribution < -0.4 is 10.1 Å². The van der Waals surface area contributed by atoms with E-state index < -0.39 is 6.10 Å². The number of amides is 1. The van der Waals surface area contributed by atoms with Gasteiger partial charge in [0.2, 0.25) is 5.91 Å². The molecule has 0 heterocycles. The van der Waals surface area contributed by atoms with Gasteiger partial charge in [-0.1, -0.05) is 0 Å². The van der Waals surface area contributed by atoms with E-state index in [9.17, 15) is 9.59 Å². The molecule has 0 fully saturated rings.